The second kappa shape index (κ2) is 6.57. The molecule has 25 heavy (non-hydrogen) atoms. The molecule has 2 bridgehead atoms. The number of fused-ring (bicyclic) bond motifs is 2. The third-order valence-electron chi connectivity index (χ3n) is 5.82. The molecule has 0 radical (unpaired) electrons. The Labute approximate surface area is 147 Å². The molecular weight excluding hydrogens is 348 g/mol. The topological polar surface area (TPSA) is 61.4 Å². The van der Waals surface area contributed by atoms with Crippen LogP contribution in [0.1, 0.15) is 37.2 Å². The Morgan fingerprint density at radius 2 is 2.00 bits per heavy atom. The van der Waals surface area contributed by atoms with Gasteiger partial charge in [0.05, 0.1) is 0 Å². The summed E-state index contributed by atoms with van der Waals surface area (Å²) in [5.74, 6) is -1.48. The first-order valence-corrected chi connectivity index (χ1v) is 10.3. The monoisotopic (exact) mass is 371 g/mol. The zero-order valence-electron chi connectivity index (χ0n) is 13.9. The first-order chi connectivity index (χ1) is 11.9. The molecule has 8 heteroatoms. The number of rotatable bonds is 4. The van der Waals surface area contributed by atoms with E-state index in [1.54, 1.807) is 10.4 Å². The Hall–Kier alpha value is -1.09. The van der Waals surface area contributed by atoms with E-state index in [9.17, 15) is 17.2 Å². The minimum Gasteiger partial charge on any atom is -0.315 e. The van der Waals surface area contributed by atoms with Gasteiger partial charge in [-0.05, 0) is 55.8 Å². The minimum absolute atomic E-state index is 0.112. The zero-order chi connectivity index (χ0) is 17.6. The van der Waals surface area contributed by atoms with Gasteiger partial charge < -0.3 is 5.32 Å². The van der Waals surface area contributed by atoms with E-state index in [0.29, 0.717) is 31.0 Å². The Morgan fingerprint density at radius 1 is 1.16 bits per heavy atom. The Bertz CT molecular complexity index is 758. The standard InChI is InChI=1S/C17H23F2N3O2S/c18-15-4-2-12(8-16(15)19)14-5-6-20-9-17(14)21-25(23,24)22-10-11-1-3-13(22)7-11/h2,4,8,11,13-14,17,20-21H,1,3,5-7,9-10H2. The van der Waals surface area contributed by atoms with Gasteiger partial charge in [-0.15, -0.1) is 0 Å². The average Bonchev–Trinajstić information content (AvgIpc) is 3.21. The van der Waals surface area contributed by atoms with Gasteiger partial charge in [-0.25, -0.2) is 8.78 Å². The van der Waals surface area contributed by atoms with Crippen molar-refractivity contribution in [3.05, 3.63) is 35.4 Å². The second-order valence-electron chi connectivity index (χ2n) is 7.40. The third-order valence-corrected chi connectivity index (χ3v) is 7.49. The molecule has 3 aliphatic rings. The van der Waals surface area contributed by atoms with E-state index in [-0.39, 0.29) is 18.0 Å². The number of hydrogen-bond acceptors (Lipinski definition) is 3. The van der Waals surface area contributed by atoms with Crippen molar-refractivity contribution in [1.29, 1.82) is 0 Å². The molecule has 0 amide bonds. The van der Waals surface area contributed by atoms with Gasteiger partial charge >= 0.3 is 0 Å². The molecule has 0 spiro atoms. The van der Waals surface area contributed by atoms with Crippen molar-refractivity contribution in [3.8, 4) is 0 Å². The fraction of sp³-hybridized carbons (Fsp3) is 0.647. The van der Waals surface area contributed by atoms with E-state index < -0.39 is 21.8 Å². The second-order valence-corrected chi connectivity index (χ2v) is 9.06. The van der Waals surface area contributed by atoms with Gasteiger partial charge in [0.15, 0.2) is 11.6 Å². The molecule has 1 aromatic rings. The van der Waals surface area contributed by atoms with Crippen molar-refractivity contribution in [2.75, 3.05) is 19.6 Å². The van der Waals surface area contributed by atoms with E-state index in [2.05, 4.69) is 10.0 Å². The summed E-state index contributed by atoms with van der Waals surface area (Å²) in [4.78, 5) is 0. The summed E-state index contributed by atoms with van der Waals surface area (Å²) < 4.78 is 56.9. The summed E-state index contributed by atoms with van der Waals surface area (Å²) in [6, 6.07) is 3.58. The largest absolute Gasteiger partial charge is 0.315 e. The highest BCUT2D eigenvalue weighted by molar-refractivity contribution is 7.87. The molecule has 2 N–H and O–H groups in total. The molecule has 4 rings (SSSR count). The molecule has 5 nitrogen and oxygen atoms in total. The van der Waals surface area contributed by atoms with Crippen molar-refractivity contribution < 1.29 is 17.2 Å². The number of piperidine rings is 2. The lowest BCUT2D eigenvalue weighted by Gasteiger charge is -2.35. The molecule has 3 fully saturated rings. The fourth-order valence-electron chi connectivity index (χ4n) is 4.56. The number of halogens is 2. The Balaban J connectivity index is 1.54. The van der Waals surface area contributed by atoms with E-state index in [1.807, 2.05) is 0 Å². The summed E-state index contributed by atoms with van der Waals surface area (Å²) in [6.07, 6.45) is 3.67. The van der Waals surface area contributed by atoms with Gasteiger partial charge in [-0.2, -0.15) is 17.4 Å². The van der Waals surface area contributed by atoms with Crippen LogP contribution in [0.15, 0.2) is 18.2 Å². The van der Waals surface area contributed by atoms with Crippen LogP contribution >= 0.6 is 0 Å². The summed E-state index contributed by atoms with van der Waals surface area (Å²) in [7, 11) is -3.57. The maximum Gasteiger partial charge on any atom is 0.280 e. The van der Waals surface area contributed by atoms with Gasteiger partial charge in [0, 0.05) is 31.1 Å². The molecule has 2 aliphatic heterocycles. The predicted octanol–water partition coefficient (Wildman–Crippen LogP) is 1.73. The maximum absolute atomic E-state index is 13.6. The molecule has 0 aromatic heterocycles. The maximum atomic E-state index is 13.6. The highest BCUT2D eigenvalue weighted by Gasteiger charge is 2.45. The number of nitrogens with zero attached hydrogens (tertiary/aromatic N) is 1. The molecule has 1 aliphatic carbocycles. The summed E-state index contributed by atoms with van der Waals surface area (Å²) >= 11 is 0. The quantitative estimate of drug-likeness (QED) is 0.847. The van der Waals surface area contributed by atoms with Gasteiger partial charge in [0.2, 0.25) is 0 Å². The normalized spacial score (nSPS) is 33.0. The number of nitrogens with one attached hydrogen (secondary N) is 2. The zero-order valence-corrected chi connectivity index (χ0v) is 14.7. The van der Waals surface area contributed by atoms with Crippen LogP contribution in [0.3, 0.4) is 0 Å². The van der Waals surface area contributed by atoms with Gasteiger partial charge in [-0.1, -0.05) is 6.07 Å². The van der Waals surface area contributed by atoms with Crippen LogP contribution in [-0.2, 0) is 10.2 Å². The summed E-state index contributed by atoms with van der Waals surface area (Å²) in [6.45, 7) is 1.79. The number of hydrogen-bond donors (Lipinski definition) is 2. The smallest absolute Gasteiger partial charge is 0.280 e. The van der Waals surface area contributed by atoms with Crippen LogP contribution in [0.5, 0.6) is 0 Å². The lowest BCUT2D eigenvalue weighted by Crippen LogP contribution is -2.54. The van der Waals surface area contributed by atoms with Crippen LogP contribution in [0, 0.1) is 17.6 Å². The molecule has 4 unspecified atom stereocenters. The van der Waals surface area contributed by atoms with Gasteiger partial charge in [-0.3, -0.25) is 0 Å². The van der Waals surface area contributed by atoms with Crippen LogP contribution in [0.25, 0.3) is 0 Å². The van der Waals surface area contributed by atoms with E-state index in [0.717, 1.165) is 31.9 Å². The first kappa shape index (κ1) is 17.3. The SMILES string of the molecule is O=S(=O)(NC1CNCCC1c1ccc(F)c(F)c1)N1CC2CCC1C2. The van der Waals surface area contributed by atoms with Gasteiger partial charge in [0.1, 0.15) is 0 Å². The van der Waals surface area contributed by atoms with E-state index in [4.69, 9.17) is 0 Å². The van der Waals surface area contributed by atoms with Crippen LogP contribution in [-0.4, -0.2) is 44.4 Å². The number of benzene rings is 1. The lowest BCUT2D eigenvalue weighted by atomic mass is 9.86. The Kier molecular flexibility index (Phi) is 4.56. The molecular formula is C17H23F2N3O2S. The molecule has 1 saturated carbocycles. The average molecular weight is 371 g/mol. The van der Waals surface area contributed by atoms with Crippen LogP contribution < -0.4 is 10.0 Å². The highest BCUT2D eigenvalue weighted by atomic mass is 32.2. The van der Waals surface area contributed by atoms with Crippen molar-refractivity contribution in [1.82, 2.24) is 14.3 Å². The molecule has 2 saturated heterocycles. The molecule has 4 atom stereocenters. The Morgan fingerprint density at radius 3 is 2.68 bits per heavy atom. The van der Waals surface area contributed by atoms with E-state index in [1.165, 1.54) is 6.07 Å². The third kappa shape index (κ3) is 3.32. The van der Waals surface area contributed by atoms with Crippen LogP contribution in [0.2, 0.25) is 0 Å². The summed E-state index contributed by atoms with van der Waals surface area (Å²) in [5, 5.41) is 3.19. The van der Waals surface area contributed by atoms with E-state index >= 15 is 0 Å². The van der Waals surface area contributed by atoms with Crippen molar-refractivity contribution >= 4 is 10.2 Å². The lowest BCUT2D eigenvalue weighted by molar-refractivity contribution is 0.314. The summed E-state index contributed by atoms with van der Waals surface area (Å²) in [5.41, 5.74) is 0.635. The van der Waals surface area contributed by atoms with Crippen molar-refractivity contribution in [2.45, 2.75) is 43.7 Å². The molecule has 2 heterocycles. The highest BCUT2D eigenvalue weighted by Crippen LogP contribution is 2.39. The molecule has 138 valence electrons. The van der Waals surface area contributed by atoms with Gasteiger partial charge in [0.25, 0.3) is 10.2 Å². The minimum atomic E-state index is -3.57. The van der Waals surface area contributed by atoms with Crippen LogP contribution in [0.4, 0.5) is 8.78 Å². The van der Waals surface area contributed by atoms with Crippen molar-refractivity contribution in [2.24, 2.45) is 5.92 Å². The predicted molar refractivity (Wildman–Crippen MR) is 90.3 cm³/mol. The molecule has 1 aromatic carbocycles. The fourth-order valence-corrected chi connectivity index (χ4v) is 6.31. The van der Waals surface area contributed by atoms with Crippen molar-refractivity contribution in [3.63, 3.8) is 0 Å². The first-order valence-electron chi connectivity index (χ1n) is 8.89.